The summed E-state index contributed by atoms with van der Waals surface area (Å²) in [6.45, 7) is 0. The Hall–Kier alpha value is -1.89. The molecule has 6 nitrogen and oxygen atoms in total. The molecule has 18 heavy (non-hydrogen) atoms. The highest BCUT2D eigenvalue weighted by Gasteiger charge is 2.30. The number of rotatable bonds is 1. The number of ether oxygens (including phenoxy) is 1. The van der Waals surface area contributed by atoms with E-state index in [-0.39, 0.29) is 34.2 Å². The summed E-state index contributed by atoms with van der Waals surface area (Å²) in [6, 6.07) is 4.30. The molecule has 0 saturated heterocycles. The fourth-order valence-electron chi connectivity index (χ4n) is 1.78. The van der Waals surface area contributed by atoms with Crippen molar-refractivity contribution in [3.05, 3.63) is 23.8 Å². The fraction of sp³-hybridized carbons (Fsp3) is 0.273. The van der Waals surface area contributed by atoms with Crippen molar-refractivity contribution in [3.8, 4) is 0 Å². The molecule has 2 rings (SSSR count). The molecule has 1 aliphatic heterocycles. The van der Waals surface area contributed by atoms with Crippen LogP contribution in [-0.4, -0.2) is 33.2 Å². The molecule has 0 saturated carbocycles. The second kappa shape index (κ2) is 4.41. The maximum absolute atomic E-state index is 12.1. The molecule has 7 heteroatoms. The van der Waals surface area contributed by atoms with E-state index in [1.54, 1.807) is 0 Å². The number of fused-ring (bicyclic) bond motifs is 1. The molecule has 96 valence electrons. The molecule has 1 amide bonds. The molecule has 0 bridgehead atoms. The van der Waals surface area contributed by atoms with Crippen molar-refractivity contribution in [3.63, 3.8) is 0 Å². The normalized spacial score (nSPS) is 17.3. The minimum atomic E-state index is -3.68. The quantitative estimate of drug-likeness (QED) is 0.754. The summed E-state index contributed by atoms with van der Waals surface area (Å²) in [5.74, 6) is -1.45. The van der Waals surface area contributed by atoms with E-state index in [4.69, 9.17) is 0 Å². The summed E-state index contributed by atoms with van der Waals surface area (Å²) < 4.78 is 28.7. The lowest BCUT2D eigenvalue weighted by molar-refractivity contribution is -0.115. The van der Waals surface area contributed by atoms with Crippen LogP contribution in [0.4, 0.5) is 5.69 Å². The van der Waals surface area contributed by atoms with Crippen molar-refractivity contribution >= 4 is 27.4 Å². The Morgan fingerprint density at radius 2 is 2.11 bits per heavy atom. The van der Waals surface area contributed by atoms with Crippen LogP contribution in [0, 0.1) is 0 Å². The van der Waals surface area contributed by atoms with Gasteiger partial charge in [-0.1, -0.05) is 6.07 Å². The van der Waals surface area contributed by atoms with Gasteiger partial charge in [0.1, 0.15) is 4.90 Å². The SMILES string of the molecule is COC(=O)c1cccc2c1S(=O)(=O)CCC(=O)N2. The molecule has 0 atom stereocenters. The van der Waals surface area contributed by atoms with Gasteiger partial charge in [0.2, 0.25) is 5.91 Å². The van der Waals surface area contributed by atoms with E-state index >= 15 is 0 Å². The minimum Gasteiger partial charge on any atom is -0.465 e. The summed E-state index contributed by atoms with van der Waals surface area (Å²) in [5.41, 5.74) is 0.0672. The number of carbonyl (C=O) groups is 2. The molecule has 0 unspecified atom stereocenters. The third kappa shape index (κ3) is 2.08. The molecule has 1 heterocycles. The van der Waals surface area contributed by atoms with Gasteiger partial charge in [-0.25, -0.2) is 13.2 Å². The Kier molecular flexibility index (Phi) is 3.08. The number of esters is 1. The van der Waals surface area contributed by atoms with Crippen LogP contribution in [0.1, 0.15) is 16.8 Å². The topological polar surface area (TPSA) is 89.5 Å². The standard InChI is InChI=1S/C11H11NO5S/c1-17-11(14)7-3-2-4-8-10(7)18(15,16)6-5-9(13)12-8/h2-4H,5-6H2,1H3,(H,12,13). The highest BCUT2D eigenvalue weighted by molar-refractivity contribution is 7.91. The van der Waals surface area contributed by atoms with Crippen LogP contribution < -0.4 is 5.32 Å². The second-order valence-corrected chi connectivity index (χ2v) is 5.84. The van der Waals surface area contributed by atoms with Gasteiger partial charge in [-0.15, -0.1) is 0 Å². The number of nitrogens with one attached hydrogen (secondary N) is 1. The van der Waals surface area contributed by atoms with Gasteiger partial charge < -0.3 is 10.1 Å². The van der Waals surface area contributed by atoms with Crippen LogP contribution in [0.3, 0.4) is 0 Å². The summed E-state index contributed by atoms with van der Waals surface area (Å²) in [5, 5.41) is 2.47. The van der Waals surface area contributed by atoms with Gasteiger partial charge in [-0.3, -0.25) is 4.79 Å². The van der Waals surface area contributed by atoms with Gasteiger partial charge in [0, 0.05) is 6.42 Å². The van der Waals surface area contributed by atoms with E-state index in [0.717, 1.165) is 0 Å². The van der Waals surface area contributed by atoms with Gasteiger partial charge in [-0.05, 0) is 12.1 Å². The fourth-order valence-corrected chi connectivity index (χ4v) is 3.38. The third-order valence-corrected chi connectivity index (χ3v) is 4.41. The van der Waals surface area contributed by atoms with Crippen LogP contribution >= 0.6 is 0 Å². The average molecular weight is 269 g/mol. The predicted molar refractivity (Wildman–Crippen MR) is 63.1 cm³/mol. The molecule has 0 aromatic heterocycles. The Morgan fingerprint density at radius 1 is 1.39 bits per heavy atom. The molecule has 1 aliphatic rings. The lowest BCUT2D eigenvalue weighted by atomic mass is 10.2. The lowest BCUT2D eigenvalue weighted by Gasteiger charge is -2.10. The highest BCUT2D eigenvalue weighted by atomic mass is 32.2. The van der Waals surface area contributed by atoms with E-state index in [1.165, 1.54) is 25.3 Å². The Balaban J connectivity index is 2.72. The van der Waals surface area contributed by atoms with E-state index in [2.05, 4.69) is 10.1 Å². The van der Waals surface area contributed by atoms with E-state index in [1.807, 2.05) is 0 Å². The largest absolute Gasteiger partial charge is 0.465 e. The summed E-state index contributed by atoms with van der Waals surface area (Å²) >= 11 is 0. The van der Waals surface area contributed by atoms with Crippen LogP contribution in [0.5, 0.6) is 0 Å². The Morgan fingerprint density at radius 3 is 2.78 bits per heavy atom. The predicted octanol–water partition coefficient (Wildman–Crippen LogP) is 0.589. The molecule has 0 radical (unpaired) electrons. The van der Waals surface area contributed by atoms with Gasteiger partial charge in [-0.2, -0.15) is 0 Å². The third-order valence-electron chi connectivity index (χ3n) is 2.60. The first-order chi connectivity index (χ1) is 8.45. The zero-order chi connectivity index (χ0) is 13.3. The number of benzene rings is 1. The van der Waals surface area contributed by atoms with Crippen molar-refractivity contribution in [2.45, 2.75) is 11.3 Å². The lowest BCUT2D eigenvalue weighted by Crippen LogP contribution is -2.13. The van der Waals surface area contributed by atoms with E-state index in [9.17, 15) is 18.0 Å². The van der Waals surface area contributed by atoms with Crippen molar-refractivity contribution in [1.29, 1.82) is 0 Å². The monoisotopic (exact) mass is 269 g/mol. The van der Waals surface area contributed by atoms with Gasteiger partial charge in [0.15, 0.2) is 9.84 Å². The number of hydrogen-bond donors (Lipinski definition) is 1. The molecule has 0 spiro atoms. The first-order valence-electron chi connectivity index (χ1n) is 5.19. The molecule has 1 aromatic carbocycles. The zero-order valence-corrected chi connectivity index (χ0v) is 10.4. The molecule has 0 aliphatic carbocycles. The first-order valence-corrected chi connectivity index (χ1v) is 6.85. The summed E-state index contributed by atoms with van der Waals surface area (Å²) in [7, 11) is -2.51. The van der Waals surface area contributed by atoms with Crippen LogP contribution in [-0.2, 0) is 19.4 Å². The Labute approximate surface area is 104 Å². The van der Waals surface area contributed by atoms with Crippen molar-refractivity contribution < 1.29 is 22.7 Å². The highest BCUT2D eigenvalue weighted by Crippen LogP contribution is 2.29. The number of methoxy groups -OCH3 is 1. The maximum atomic E-state index is 12.1. The Bertz CT molecular complexity index is 620. The number of amides is 1. The van der Waals surface area contributed by atoms with Gasteiger partial charge in [0.05, 0.1) is 24.1 Å². The van der Waals surface area contributed by atoms with Crippen molar-refractivity contribution in [1.82, 2.24) is 0 Å². The van der Waals surface area contributed by atoms with E-state index in [0.29, 0.717) is 0 Å². The van der Waals surface area contributed by atoms with Crippen molar-refractivity contribution in [2.24, 2.45) is 0 Å². The molecule has 0 fully saturated rings. The van der Waals surface area contributed by atoms with Gasteiger partial charge in [0.25, 0.3) is 0 Å². The number of anilines is 1. The first kappa shape index (κ1) is 12.6. The molecule has 1 N–H and O–H groups in total. The maximum Gasteiger partial charge on any atom is 0.339 e. The smallest absolute Gasteiger partial charge is 0.339 e. The summed E-state index contributed by atoms with van der Waals surface area (Å²) in [6.07, 6.45) is -0.127. The van der Waals surface area contributed by atoms with E-state index < -0.39 is 15.8 Å². The summed E-state index contributed by atoms with van der Waals surface area (Å²) in [4.78, 5) is 22.8. The zero-order valence-electron chi connectivity index (χ0n) is 9.60. The van der Waals surface area contributed by atoms with Crippen LogP contribution in [0.25, 0.3) is 0 Å². The average Bonchev–Trinajstić information content (AvgIpc) is 2.45. The molecule has 1 aromatic rings. The number of carbonyl (C=O) groups excluding carboxylic acids is 2. The van der Waals surface area contributed by atoms with Gasteiger partial charge >= 0.3 is 5.97 Å². The van der Waals surface area contributed by atoms with Crippen LogP contribution in [0.15, 0.2) is 23.1 Å². The molecular weight excluding hydrogens is 258 g/mol. The minimum absolute atomic E-state index is 0.0581. The van der Waals surface area contributed by atoms with Crippen LogP contribution in [0.2, 0.25) is 0 Å². The molecular formula is C11H11NO5S. The second-order valence-electron chi connectivity index (χ2n) is 3.79. The van der Waals surface area contributed by atoms with Crippen molar-refractivity contribution in [2.75, 3.05) is 18.2 Å². The number of hydrogen-bond acceptors (Lipinski definition) is 5. The number of sulfone groups is 1.